The number of thioether (sulfide) groups is 1. The van der Waals surface area contributed by atoms with E-state index in [-0.39, 0.29) is 0 Å². The Balaban J connectivity index is 1.97. The van der Waals surface area contributed by atoms with Gasteiger partial charge in [-0.25, -0.2) is 0 Å². The van der Waals surface area contributed by atoms with E-state index in [4.69, 9.17) is 0 Å². The second kappa shape index (κ2) is 6.25. The molecule has 0 saturated carbocycles. The smallest absolute Gasteiger partial charge is 0.0739 e. The quantitative estimate of drug-likeness (QED) is 0.926. The van der Waals surface area contributed by atoms with Gasteiger partial charge in [-0.3, -0.25) is 4.68 Å². The summed E-state index contributed by atoms with van der Waals surface area (Å²) in [6, 6.07) is 0.668. The van der Waals surface area contributed by atoms with Crippen LogP contribution in [0, 0.1) is 6.92 Å². The van der Waals surface area contributed by atoms with Crippen LogP contribution in [0.4, 0.5) is 0 Å². The maximum Gasteiger partial charge on any atom is 0.0739 e. The fraction of sp³-hybridized carbons (Fsp3) is 0.750. The molecule has 0 amide bonds. The Morgan fingerprint density at radius 2 is 2.41 bits per heavy atom. The molecule has 1 saturated heterocycles. The van der Waals surface area contributed by atoms with E-state index < -0.39 is 0 Å². The minimum Gasteiger partial charge on any atom is -0.308 e. The van der Waals surface area contributed by atoms with Gasteiger partial charge in [-0.05, 0) is 48.4 Å². The van der Waals surface area contributed by atoms with E-state index in [1.54, 1.807) is 0 Å². The van der Waals surface area contributed by atoms with Gasteiger partial charge in [0.1, 0.15) is 0 Å². The van der Waals surface area contributed by atoms with Gasteiger partial charge in [-0.15, -0.1) is 0 Å². The van der Waals surface area contributed by atoms with Crippen molar-refractivity contribution in [3.63, 3.8) is 0 Å². The van der Waals surface area contributed by atoms with Crippen LogP contribution in [0.5, 0.6) is 0 Å². The average Bonchev–Trinajstić information content (AvgIpc) is 2.64. The number of nitrogens with one attached hydrogen (secondary N) is 1. The lowest BCUT2D eigenvalue weighted by atomic mass is 10.2. The minimum atomic E-state index is 0.668. The number of hydrogen-bond acceptors (Lipinski definition) is 3. The van der Waals surface area contributed by atoms with Crippen LogP contribution in [-0.2, 0) is 13.1 Å². The molecule has 1 atom stereocenters. The van der Waals surface area contributed by atoms with Gasteiger partial charge in [0.25, 0.3) is 0 Å². The molecule has 1 N–H and O–H groups in total. The summed E-state index contributed by atoms with van der Waals surface area (Å²) < 4.78 is 3.25. The molecule has 0 spiro atoms. The first kappa shape index (κ1) is 13.4. The van der Waals surface area contributed by atoms with Gasteiger partial charge >= 0.3 is 0 Å². The summed E-state index contributed by atoms with van der Waals surface area (Å²) in [5, 5.41) is 8.17. The third-order valence-corrected chi connectivity index (χ3v) is 5.42. The van der Waals surface area contributed by atoms with Gasteiger partial charge in [0.15, 0.2) is 0 Å². The highest BCUT2D eigenvalue weighted by atomic mass is 79.9. The monoisotopic (exact) mass is 317 g/mol. The molecule has 0 aromatic carbocycles. The number of aromatic nitrogens is 2. The Bertz CT molecular complexity index is 372. The van der Waals surface area contributed by atoms with Crippen LogP contribution in [0.15, 0.2) is 4.47 Å². The lowest BCUT2D eigenvalue weighted by Gasteiger charge is -2.22. The molecule has 17 heavy (non-hydrogen) atoms. The van der Waals surface area contributed by atoms with Crippen molar-refractivity contribution in [2.75, 3.05) is 11.5 Å². The summed E-state index contributed by atoms with van der Waals surface area (Å²) in [7, 11) is 0. The van der Waals surface area contributed by atoms with Crippen LogP contribution < -0.4 is 5.32 Å². The summed E-state index contributed by atoms with van der Waals surface area (Å²) in [5.41, 5.74) is 2.36. The molecule has 1 fully saturated rings. The van der Waals surface area contributed by atoms with E-state index in [1.165, 1.54) is 30.0 Å². The Morgan fingerprint density at radius 3 is 3.06 bits per heavy atom. The highest BCUT2D eigenvalue weighted by Gasteiger charge is 2.16. The van der Waals surface area contributed by atoms with Crippen molar-refractivity contribution >= 4 is 27.7 Å². The molecule has 1 aromatic rings. The topological polar surface area (TPSA) is 29.9 Å². The maximum atomic E-state index is 4.52. The van der Waals surface area contributed by atoms with Crippen molar-refractivity contribution in [1.29, 1.82) is 0 Å². The summed E-state index contributed by atoms with van der Waals surface area (Å²) in [6.45, 7) is 6.04. The zero-order chi connectivity index (χ0) is 12.3. The van der Waals surface area contributed by atoms with Crippen molar-refractivity contribution in [1.82, 2.24) is 15.1 Å². The predicted octanol–water partition coefficient (Wildman–Crippen LogP) is 2.96. The predicted molar refractivity (Wildman–Crippen MR) is 77.5 cm³/mol. The molecule has 96 valence electrons. The van der Waals surface area contributed by atoms with Crippen LogP contribution >= 0.6 is 27.7 Å². The van der Waals surface area contributed by atoms with Gasteiger partial charge in [0.05, 0.1) is 15.9 Å². The molecule has 3 nitrogen and oxygen atoms in total. The number of halogens is 1. The van der Waals surface area contributed by atoms with E-state index >= 15 is 0 Å². The molecule has 1 unspecified atom stereocenters. The third kappa shape index (κ3) is 3.26. The molecule has 1 aliphatic heterocycles. The number of rotatable bonds is 4. The van der Waals surface area contributed by atoms with E-state index in [0.29, 0.717) is 6.04 Å². The van der Waals surface area contributed by atoms with Gasteiger partial charge in [-0.2, -0.15) is 16.9 Å². The lowest BCUT2D eigenvalue weighted by molar-refractivity contribution is 0.486. The highest BCUT2D eigenvalue weighted by molar-refractivity contribution is 9.10. The Morgan fingerprint density at radius 1 is 1.59 bits per heavy atom. The molecular weight excluding hydrogens is 298 g/mol. The van der Waals surface area contributed by atoms with Crippen LogP contribution in [0.2, 0.25) is 0 Å². The minimum absolute atomic E-state index is 0.668. The Labute approximate surface area is 116 Å². The molecular formula is C12H20BrN3S. The van der Waals surface area contributed by atoms with Crippen LogP contribution in [-0.4, -0.2) is 27.3 Å². The van der Waals surface area contributed by atoms with Gasteiger partial charge in [0.2, 0.25) is 0 Å². The fourth-order valence-electron chi connectivity index (χ4n) is 2.18. The van der Waals surface area contributed by atoms with E-state index in [9.17, 15) is 0 Å². The first-order chi connectivity index (χ1) is 8.22. The standard InChI is InChI=1S/C12H20BrN3S/c1-3-16-11(12(13)9(2)15-16)7-14-10-5-4-6-17-8-10/h10,14H,3-8H2,1-2H3. The Kier molecular flexibility index (Phi) is 4.94. The molecule has 1 aromatic heterocycles. The fourth-order valence-corrected chi connectivity index (χ4v) is 3.71. The summed E-state index contributed by atoms with van der Waals surface area (Å²) >= 11 is 5.70. The van der Waals surface area contributed by atoms with E-state index in [2.05, 4.69) is 56.6 Å². The van der Waals surface area contributed by atoms with Crippen molar-refractivity contribution < 1.29 is 0 Å². The number of aryl methyl sites for hydroxylation is 2. The van der Waals surface area contributed by atoms with Crippen LogP contribution in [0.25, 0.3) is 0 Å². The molecule has 0 aliphatic carbocycles. The van der Waals surface area contributed by atoms with E-state index in [0.717, 1.165) is 23.3 Å². The maximum absolute atomic E-state index is 4.52. The first-order valence-electron chi connectivity index (χ1n) is 6.25. The lowest BCUT2D eigenvalue weighted by Crippen LogP contribution is -2.34. The van der Waals surface area contributed by atoms with Crippen LogP contribution in [0.1, 0.15) is 31.2 Å². The zero-order valence-corrected chi connectivity index (χ0v) is 12.9. The van der Waals surface area contributed by atoms with Gasteiger partial charge < -0.3 is 5.32 Å². The van der Waals surface area contributed by atoms with Crippen molar-refractivity contribution in [3.8, 4) is 0 Å². The molecule has 2 heterocycles. The Hall–Kier alpha value is -0.0000000000000000555. The molecule has 0 radical (unpaired) electrons. The first-order valence-corrected chi connectivity index (χ1v) is 8.20. The summed E-state index contributed by atoms with van der Waals surface area (Å²) in [5.74, 6) is 2.57. The second-order valence-corrected chi connectivity index (χ2v) is 6.40. The summed E-state index contributed by atoms with van der Waals surface area (Å²) in [6.07, 6.45) is 2.65. The molecule has 5 heteroatoms. The van der Waals surface area contributed by atoms with Crippen molar-refractivity contribution in [2.24, 2.45) is 0 Å². The van der Waals surface area contributed by atoms with Crippen molar-refractivity contribution in [3.05, 3.63) is 15.9 Å². The molecule has 1 aliphatic rings. The number of nitrogens with zero attached hydrogens (tertiary/aromatic N) is 2. The second-order valence-electron chi connectivity index (χ2n) is 4.46. The molecule has 0 bridgehead atoms. The molecule has 2 rings (SSSR count). The third-order valence-electron chi connectivity index (χ3n) is 3.17. The summed E-state index contributed by atoms with van der Waals surface area (Å²) in [4.78, 5) is 0. The van der Waals surface area contributed by atoms with Crippen molar-refractivity contribution in [2.45, 2.75) is 45.8 Å². The zero-order valence-electron chi connectivity index (χ0n) is 10.5. The number of hydrogen-bond donors (Lipinski definition) is 1. The largest absolute Gasteiger partial charge is 0.308 e. The van der Waals surface area contributed by atoms with Gasteiger partial charge in [-0.1, -0.05) is 0 Å². The van der Waals surface area contributed by atoms with Gasteiger partial charge in [0, 0.05) is 24.9 Å². The average molecular weight is 318 g/mol. The SMILES string of the molecule is CCn1nc(C)c(Br)c1CNC1CCCSC1. The van der Waals surface area contributed by atoms with Crippen LogP contribution in [0.3, 0.4) is 0 Å². The highest BCUT2D eigenvalue weighted by Crippen LogP contribution is 2.22. The van der Waals surface area contributed by atoms with E-state index in [1.807, 2.05) is 0 Å². The normalized spacial score (nSPS) is 20.8.